The molecule has 0 amide bonds. The smallest absolute Gasteiger partial charge is 0.427 e. The molecule has 0 spiro atoms. The zero-order chi connectivity index (χ0) is 14.8. The average molecular weight is 284 g/mol. The highest BCUT2D eigenvalue weighted by atomic mass is 19.2. The van der Waals surface area contributed by atoms with E-state index in [1.54, 1.807) is 0 Å². The third kappa shape index (κ3) is 2.35. The molecule has 2 aliphatic rings. The van der Waals surface area contributed by atoms with Gasteiger partial charge in [-0.25, -0.2) is 8.78 Å². The Hall–Kier alpha value is -0.675. The van der Waals surface area contributed by atoms with Crippen LogP contribution in [0.25, 0.3) is 0 Å². The third-order valence-corrected chi connectivity index (χ3v) is 5.00. The summed E-state index contributed by atoms with van der Waals surface area (Å²) in [6.45, 7) is 1.96. The number of allylic oxidation sites excluding steroid dienone is 4. The molecular weight excluding hydrogens is 261 g/mol. The zero-order valence-corrected chi connectivity index (χ0v) is 12.0. The number of hydrogen-bond acceptors (Lipinski definition) is 2. The maximum Gasteiger partial charge on any atom is 0.462 e. The summed E-state index contributed by atoms with van der Waals surface area (Å²) in [5.74, 6) is -2.08. The van der Waals surface area contributed by atoms with Crippen LogP contribution in [-0.4, -0.2) is 22.8 Å². The highest BCUT2D eigenvalue weighted by Gasteiger charge is 2.61. The second-order valence-corrected chi connectivity index (χ2v) is 6.14. The quantitative estimate of drug-likeness (QED) is 0.772. The van der Waals surface area contributed by atoms with Crippen LogP contribution in [-0.2, 0) is 0 Å². The molecule has 112 valence electrons. The van der Waals surface area contributed by atoms with Crippen LogP contribution in [0, 0.1) is 5.41 Å². The summed E-state index contributed by atoms with van der Waals surface area (Å²) in [4.78, 5) is 0. The molecule has 0 unspecified atom stereocenters. The minimum atomic E-state index is -2.30. The van der Waals surface area contributed by atoms with Crippen LogP contribution in [0.4, 0.5) is 8.78 Å². The second-order valence-electron chi connectivity index (χ2n) is 6.14. The topological polar surface area (TPSA) is 40.5 Å². The van der Waals surface area contributed by atoms with Gasteiger partial charge in [0.1, 0.15) is 5.83 Å². The van der Waals surface area contributed by atoms with Crippen molar-refractivity contribution in [3.05, 3.63) is 24.1 Å². The summed E-state index contributed by atoms with van der Waals surface area (Å²) in [5.41, 5.74) is -3.12. The lowest BCUT2D eigenvalue weighted by Crippen LogP contribution is -2.53. The lowest BCUT2D eigenvalue weighted by Gasteiger charge is -2.50. The molecule has 2 atom stereocenters. The first-order valence-electron chi connectivity index (χ1n) is 7.57. The van der Waals surface area contributed by atoms with E-state index in [9.17, 15) is 14.4 Å². The Labute approximate surface area is 119 Å². The van der Waals surface area contributed by atoms with Crippen LogP contribution in [0.5, 0.6) is 0 Å². The predicted molar refractivity (Wildman–Crippen MR) is 76.5 cm³/mol. The van der Waals surface area contributed by atoms with Crippen LogP contribution < -0.4 is 0 Å². The van der Waals surface area contributed by atoms with Gasteiger partial charge in [0.05, 0.1) is 5.82 Å². The molecule has 2 N–H and O–H groups in total. The Bertz CT molecular complexity index is 397. The van der Waals surface area contributed by atoms with Gasteiger partial charge >= 0.3 is 7.12 Å². The van der Waals surface area contributed by atoms with Crippen molar-refractivity contribution in [2.45, 2.75) is 63.4 Å². The minimum absolute atomic E-state index is 0.571. The maximum atomic E-state index is 15.8. The van der Waals surface area contributed by atoms with Crippen LogP contribution in [0.3, 0.4) is 0 Å². The van der Waals surface area contributed by atoms with Gasteiger partial charge in [0.2, 0.25) is 0 Å². The van der Waals surface area contributed by atoms with Crippen molar-refractivity contribution in [2.75, 3.05) is 0 Å². The molecule has 0 aromatic carbocycles. The van der Waals surface area contributed by atoms with Gasteiger partial charge in [0.15, 0.2) is 5.67 Å². The molecule has 1 saturated carbocycles. The fourth-order valence-corrected chi connectivity index (χ4v) is 4.09. The summed E-state index contributed by atoms with van der Waals surface area (Å²) in [5, 5.41) is 19.0. The van der Waals surface area contributed by atoms with Gasteiger partial charge in [0.25, 0.3) is 0 Å². The van der Waals surface area contributed by atoms with Gasteiger partial charge in [-0.2, -0.15) is 0 Å². The van der Waals surface area contributed by atoms with Crippen LogP contribution >= 0.6 is 0 Å². The van der Waals surface area contributed by atoms with Gasteiger partial charge < -0.3 is 10.0 Å². The van der Waals surface area contributed by atoms with Crippen LogP contribution in [0.15, 0.2) is 24.1 Å². The molecular formula is C15H23BF2O2. The zero-order valence-electron chi connectivity index (χ0n) is 12.0. The SMILES string of the molecule is CCCC1([C@@]2(F)C(F)=CC=C[C@H]2B(O)O)CCCCC1. The predicted octanol–water partition coefficient (Wildman–Crippen LogP) is 3.71. The number of alkyl halides is 1. The summed E-state index contributed by atoms with van der Waals surface area (Å²) < 4.78 is 30.2. The van der Waals surface area contributed by atoms with E-state index in [1.165, 1.54) is 12.2 Å². The fraction of sp³-hybridized carbons (Fsp3) is 0.733. The Morgan fingerprint density at radius 2 is 1.95 bits per heavy atom. The molecule has 0 heterocycles. The molecule has 2 rings (SSSR count). The largest absolute Gasteiger partial charge is 0.462 e. The molecule has 2 nitrogen and oxygen atoms in total. The lowest BCUT2D eigenvalue weighted by atomic mass is 9.49. The highest BCUT2D eigenvalue weighted by molar-refractivity contribution is 6.44. The summed E-state index contributed by atoms with van der Waals surface area (Å²) in [6.07, 6.45) is 9.22. The molecule has 0 aromatic rings. The van der Waals surface area contributed by atoms with Gasteiger partial charge in [0, 0.05) is 5.41 Å². The average Bonchev–Trinajstić information content (AvgIpc) is 2.42. The summed E-state index contributed by atoms with van der Waals surface area (Å²) in [6, 6.07) is 0. The van der Waals surface area contributed by atoms with E-state index in [1.807, 2.05) is 6.92 Å². The second kappa shape index (κ2) is 5.98. The van der Waals surface area contributed by atoms with Crippen molar-refractivity contribution in [3.63, 3.8) is 0 Å². The summed E-state index contributed by atoms with van der Waals surface area (Å²) in [7, 11) is -1.88. The fourth-order valence-electron chi connectivity index (χ4n) is 4.09. The number of halogens is 2. The van der Waals surface area contributed by atoms with E-state index in [2.05, 4.69) is 0 Å². The van der Waals surface area contributed by atoms with Crippen molar-refractivity contribution in [3.8, 4) is 0 Å². The highest BCUT2D eigenvalue weighted by Crippen LogP contribution is 2.60. The van der Waals surface area contributed by atoms with Crippen LogP contribution in [0.2, 0.25) is 5.82 Å². The Morgan fingerprint density at radius 3 is 2.50 bits per heavy atom. The minimum Gasteiger partial charge on any atom is -0.427 e. The normalized spacial score (nSPS) is 32.9. The van der Waals surface area contributed by atoms with Crippen molar-refractivity contribution in [2.24, 2.45) is 5.41 Å². The molecule has 0 aliphatic heterocycles. The van der Waals surface area contributed by atoms with E-state index < -0.39 is 29.8 Å². The first kappa shape index (κ1) is 15.7. The van der Waals surface area contributed by atoms with E-state index in [0.717, 1.165) is 31.8 Å². The number of hydrogen-bond donors (Lipinski definition) is 2. The Kier molecular flexibility index (Phi) is 4.70. The van der Waals surface area contributed by atoms with E-state index in [0.29, 0.717) is 19.3 Å². The Morgan fingerprint density at radius 1 is 1.30 bits per heavy atom. The van der Waals surface area contributed by atoms with Crippen molar-refractivity contribution in [1.82, 2.24) is 0 Å². The van der Waals surface area contributed by atoms with Gasteiger partial charge in [-0.3, -0.25) is 0 Å². The van der Waals surface area contributed by atoms with E-state index in [-0.39, 0.29) is 0 Å². The monoisotopic (exact) mass is 284 g/mol. The maximum absolute atomic E-state index is 15.8. The van der Waals surface area contributed by atoms with Crippen molar-refractivity contribution >= 4 is 7.12 Å². The molecule has 20 heavy (non-hydrogen) atoms. The molecule has 0 bridgehead atoms. The van der Waals surface area contributed by atoms with E-state index >= 15 is 4.39 Å². The molecule has 1 fully saturated rings. The molecule has 2 aliphatic carbocycles. The van der Waals surface area contributed by atoms with Crippen molar-refractivity contribution < 1.29 is 18.8 Å². The number of rotatable bonds is 4. The first-order chi connectivity index (χ1) is 9.48. The van der Waals surface area contributed by atoms with Gasteiger partial charge in [-0.15, -0.1) is 0 Å². The molecule has 0 radical (unpaired) electrons. The third-order valence-electron chi connectivity index (χ3n) is 5.00. The Balaban J connectivity index is 2.46. The van der Waals surface area contributed by atoms with Crippen LogP contribution in [0.1, 0.15) is 51.9 Å². The van der Waals surface area contributed by atoms with Gasteiger partial charge in [-0.1, -0.05) is 44.8 Å². The van der Waals surface area contributed by atoms with E-state index in [4.69, 9.17) is 0 Å². The molecule has 0 saturated heterocycles. The summed E-state index contributed by atoms with van der Waals surface area (Å²) >= 11 is 0. The first-order valence-corrected chi connectivity index (χ1v) is 7.57. The molecule has 0 aromatic heterocycles. The van der Waals surface area contributed by atoms with Crippen molar-refractivity contribution in [1.29, 1.82) is 0 Å². The standard InChI is InChI=1S/C15H23BF2O2/c1-2-9-14(10-4-3-5-11-14)15(18)12(16(19)20)7-6-8-13(15)17/h6-8,12,19-20H,2-5,9-11H2,1H3/t12-,15+/m1/s1. The van der Waals surface area contributed by atoms with Gasteiger partial charge in [-0.05, 0) is 25.3 Å². The molecule has 5 heteroatoms. The lowest BCUT2D eigenvalue weighted by molar-refractivity contribution is -0.0357.